The third-order valence-corrected chi connectivity index (χ3v) is 5.59. The van der Waals surface area contributed by atoms with Gasteiger partial charge in [-0.3, -0.25) is 4.79 Å². The van der Waals surface area contributed by atoms with E-state index in [-0.39, 0.29) is 12.2 Å². The van der Waals surface area contributed by atoms with E-state index in [2.05, 4.69) is 5.32 Å². The van der Waals surface area contributed by atoms with Crippen molar-refractivity contribution in [2.24, 2.45) is 0 Å². The van der Waals surface area contributed by atoms with Crippen molar-refractivity contribution < 1.29 is 23.8 Å². The molecular weight excluding hydrogens is 475 g/mol. The topological polar surface area (TPSA) is 97.6 Å². The van der Waals surface area contributed by atoms with Gasteiger partial charge in [0.25, 0.3) is 5.91 Å². The lowest BCUT2D eigenvalue weighted by Gasteiger charge is -2.13. The van der Waals surface area contributed by atoms with E-state index in [4.69, 9.17) is 42.7 Å². The molecule has 0 fully saturated rings. The maximum atomic E-state index is 12.3. The molecule has 0 bridgehead atoms. The van der Waals surface area contributed by atoms with Gasteiger partial charge in [0.05, 0.1) is 18.2 Å². The monoisotopic (exact) mass is 490 g/mol. The molecule has 0 atom stereocenters. The van der Waals surface area contributed by atoms with Gasteiger partial charge in [0.2, 0.25) is 0 Å². The number of halogens is 2. The molecule has 0 radical (unpaired) electrons. The van der Waals surface area contributed by atoms with E-state index in [1.165, 1.54) is 30.6 Å². The normalized spacial score (nSPS) is 10.2. The van der Waals surface area contributed by atoms with E-state index in [1.54, 1.807) is 35.7 Å². The van der Waals surface area contributed by atoms with Gasteiger partial charge in [0.15, 0.2) is 18.1 Å². The number of carbonyl (C=O) groups excluding carboxylic acids is 2. The molecule has 164 valence electrons. The van der Waals surface area contributed by atoms with Gasteiger partial charge in [0, 0.05) is 15.6 Å². The van der Waals surface area contributed by atoms with Crippen LogP contribution in [0.2, 0.25) is 10.0 Å². The van der Waals surface area contributed by atoms with Crippen LogP contribution in [0.25, 0.3) is 0 Å². The minimum absolute atomic E-state index is 0.170. The lowest BCUT2D eigenvalue weighted by Crippen LogP contribution is -2.20. The minimum Gasteiger partial charge on any atom is -0.493 e. The third kappa shape index (κ3) is 5.92. The van der Waals surface area contributed by atoms with E-state index < -0.39 is 18.5 Å². The highest BCUT2D eigenvalue weighted by atomic mass is 35.5. The molecule has 0 aliphatic rings. The van der Waals surface area contributed by atoms with Crippen molar-refractivity contribution in [3.8, 4) is 17.6 Å². The first kappa shape index (κ1) is 23.4. The predicted molar refractivity (Wildman–Crippen MR) is 122 cm³/mol. The first-order chi connectivity index (χ1) is 15.4. The average Bonchev–Trinajstić information content (AvgIpc) is 3.23. The van der Waals surface area contributed by atoms with Crippen molar-refractivity contribution in [1.82, 2.24) is 0 Å². The smallest absolute Gasteiger partial charge is 0.338 e. The highest BCUT2D eigenvalue weighted by Gasteiger charge is 2.15. The summed E-state index contributed by atoms with van der Waals surface area (Å²) in [5, 5.41) is 14.6. The fourth-order valence-electron chi connectivity index (χ4n) is 2.58. The molecule has 0 saturated heterocycles. The Labute approximate surface area is 198 Å². The zero-order chi connectivity index (χ0) is 23.1. The molecule has 1 aromatic heterocycles. The largest absolute Gasteiger partial charge is 0.493 e. The number of carbonyl (C=O) groups is 2. The molecule has 0 aliphatic heterocycles. The number of benzene rings is 2. The van der Waals surface area contributed by atoms with Crippen molar-refractivity contribution >= 4 is 51.4 Å². The highest BCUT2D eigenvalue weighted by Crippen LogP contribution is 2.30. The molecule has 2 aromatic carbocycles. The zero-order valence-electron chi connectivity index (χ0n) is 16.7. The molecule has 3 rings (SSSR count). The van der Waals surface area contributed by atoms with Gasteiger partial charge >= 0.3 is 5.97 Å². The van der Waals surface area contributed by atoms with E-state index >= 15 is 0 Å². The van der Waals surface area contributed by atoms with E-state index in [0.29, 0.717) is 32.1 Å². The predicted octanol–water partition coefficient (Wildman–Crippen LogP) is 5.31. The van der Waals surface area contributed by atoms with E-state index in [0.717, 1.165) is 5.56 Å². The van der Waals surface area contributed by atoms with Crippen LogP contribution in [0, 0.1) is 11.3 Å². The Hall–Kier alpha value is -3.25. The summed E-state index contributed by atoms with van der Waals surface area (Å²) >= 11 is 13.3. The van der Waals surface area contributed by atoms with Crippen LogP contribution in [0.3, 0.4) is 0 Å². The molecule has 0 unspecified atom stereocenters. The molecule has 10 heteroatoms. The van der Waals surface area contributed by atoms with Crippen molar-refractivity contribution in [1.29, 1.82) is 5.26 Å². The van der Waals surface area contributed by atoms with Gasteiger partial charge in [0.1, 0.15) is 17.7 Å². The number of thiophene rings is 1. The number of esters is 1. The minimum atomic E-state index is -0.711. The second kappa shape index (κ2) is 10.9. The second-order valence-corrected chi connectivity index (χ2v) is 8.05. The van der Waals surface area contributed by atoms with Gasteiger partial charge < -0.3 is 19.5 Å². The third-order valence-electron chi connectivity index (χ3n) is 4.17. The molecule has 0 saturated carbocycles. The number of nitrogens with one attached hydrogen (secondary N) is 1. The van der Waals surface area contributed by atoms with Crippen LogP contribution in [0.1, 0.15) is 21.5 Å². The molecule has 3 aromatic rings. The first-order valence-corrected chi connectivity index (χ1v) is 10.7. The number of ether oxygens (including phenoxy) is 3. The van der Waals surface area contributed by atoms with Gasteiger partial charge in [-0.2, -0.15) is 5.26 Å². The second-order valence-electron chi connectivity index (χ2n) is 6.29. The van der Waals surface area contributed by atoms with Crippen LogP contribution in [0.15, 0.2) is 47.8 Å². The summed E-state index contributed by atoms with van der Waals surface area (Å²) in [5.41, 5.74) is 1.26. The summed E-state index contributed by atoms with van der Waals surface area (Å²) < 4.78 is 16.1. The Morgan fingerprint density at radius 1 is 1.12 bits per heavy atom. The summed E-state index contributed by atoms with van der Waals surface area (Å²) in [7, 11) is 1.44. The Morgan fingerprint density at radius 3 is 2.66 bits per heavy atom. The van der Waals surface area contributed by atoms with Crippen LogP contribution in [0.5, 0.6) is 11.5 Å². The SMILES string of the molecule is COc1cc(C(=O)OCC(=O)Nc2sccc2C#N)ccc1OCc1ccc(Cl)cc1Cl. The Bertz CT molecular complexity index is 1190. The van der Waals surface area contributed by atoms with Gasteiger partial charge in [-0.25, -0.2) is 4.79 Å². The fraction of sp³-hybridized carbons (Fsp3) is 0.136. The number of hydrogen-bond acceptors (Lipinski definition) is 7. The highest BCUT2D eigenvalue weighted by molar-refractivity contribution is 7.14. The standard InChI is InChI=1S/C22H16Cl2N2O5S/c1-29-19-8-13(3-5-18(19)30-11-15-2-4-16(23)9-17(15)24)22(28)31-12-20(27)26-21-14(10-25)6-7-32-21/h2-9H,11-12H2,1H3,(H,26,27). The quantitative estimate of drug-likeness (QED) is 0.429. The van der Waals surface area contributed by atoms with E-state index in [1.807, 2.05) is 6.07 Å². The number of methoxy groups -OCH3 is 1. The van der Waals surface area contributed by atoms with Crippen LogP contribution in [0.4, 0.5) is 5.00 Å². The molecule has 0 spiro atoms. The zero-order valence-corrected chi connectivity index (χ0v) is 19.0. The molecule has 7 nitrogen and oxygen atoms in total. The number of nitrogens with zero attached hydrogens (tertiary/aromatic N) is 1. The van der Waals surface area contributed by atoms with Crippen molar-refractivity contribution in [3.05, 3.63) is 74.6 Å². The molecule has 1 heterocycles. The summed E-state index contributed by atoms with van der Waals surface area (Å²) in [5.74, 6) is -0.553. The fourth-order valence-corrected chi connectivity index (χ4v) is 3.80. The average molecular weight is 491 g/mol. The van der Waals surface area contributed by atoms with Crippen LogP contribution < -0.4 is 14.8 Å². The molecule has 32 heavy (non-hydrogen) atoms. The van der Waals surface area contributed by atoms with Crippen molar-refractivity contribution in [3.63, 3.8) is 0 Å². The maximum Gasteiger partial charge on any atom is 0.338 e. The van der Waals surface area contributed by atoms with Crippen molar-refractivity contribution in [2.45, 2.75) is 6.61 Å². The van der Waals surface area contributed by atoms with E-state index in [9.17, 15) is 9.59 Å². The Kier molecular flexibility index (Phi) is 7.95. The summed E-state index contributed by atoms with van der Waals surface area (Å²) in [6, 6.07) is 13.1. The van der Waals surface area contributed by atoms with Gasteiger partial charge in [-0.05, 0) is 41.8 Å². The lowest BCUT2D eigenvalue weighted by molar-refractivity contribution is -0.119. The number of anilines is 1. The number of amides is 1. The number of hydrogen-bond donors (Lipinski definition) is 1. The lowest BCUT2D eigenvalue weighted by atomic mass is 10.2. The number of nitriles is 1. The Morgan fingerprint density at radius 2 is 1.94 bits per heavy atom. The van der Waals surface area contributed by atoms with Gasteiger partial charge in [-0.1, -0.05) is 29.3 Å². The maximum absolute atomic E-state index is 12.3. The van der Waals surface area contributed by atoms with Gasteiger partial charge in [-0.15, -0.1) is 11.3 Å². The number of rotatable bonds is 8. The summed E-state index contributed by atoms with van der Waals surface area (Å²) in [6.45, 7) is -0.332. The molecule has 1 N–H and O–H groups in total. The van der Waals surface area contributed by atoms with Crippen LogP contribution in [-0.2, 0) is 16.1 Å². The van der Waals surface area contributed by atoms with Crippen molar-refractivity contribution in [2.75, 3.05) is 19.0 Å². The Balaban J connectivity index is 1.60. The molecular formula is C22H16Cl2N2O5S. The molecule has 0 aliphatic carbocycles. The summed E-state index contributed by atoms with van der Waals surface area (Å²) in [4.78, 5) is 24.3. The summed E-state index contributed by atoms with van der Waals surface area (Å²) in [6.07, 6.45) is 0. The van der Waals surface area contributed by atoms with Crippen LogP contribution in [-0.4, -0.2) is 25.6 Å². The first-order valence-electron chi connectivity index (χ1n) is 9.10. The molecule has 1 amide bonds. The van der Waals surface area contributed by atoms with Crippen LogP contribution >= 0.6 is 34.5 Å².